The minimum Gasteiger partial charge on any atom is -0.352 e. The van der Waals surface area contributed by atoms with Gasteiger partial charge in [0.15, 0.2) is 0 Å². The SMILES string of the molecule is CC[C@@H](C)NC(=O)[C@@H](C)N(Cc1ccc(Br)cc1)C(=O)CCc1ccc(C(C)(C)C)cc1. The molecule has 0 unspecified atom stereocenters. The Hall–Kier alpha value is -2.14. The van der Waals surface area contributed by atoms with E-state index >= 15 is 0 Å². The van der Waals surface area contributed by atoms with Crippen LogP contribution in [-0.4, -0.2) is 28.8 Å². The molecule has 174 valence electrons. The summed E-state index contributed by atoms with van der Waals surface area (Å²) in [7, 11) is 0. The Balaban J connectivity index is 2.13. The molecule has 2 aromatic carbocycles. The highest BCUT2D eigenvalue weighted by molar-refractivity contribution is 9.10. The van der Waals surface area contributed by atoms with Gasteiger partial charge in [0.1, 0.15) is 6.04 Å². The smallest absolute Gasteiger partial charge is 0.242 e. The second-order valence-corrected chi connectivity index (χ2v) is 10.5. The van der Waals surface area contributed by atoms with Gasteiger partial charge in [0, 0.05) is 23.5 Å². The van der Waals surface area contributed by atoms with Gasteiger partial charge >= 0.3 is 0 Å². The van der Waals surface area contributed by atoms with Gasteiger partial charge in [0.05, 0.1) is 0 Å². The molecule has 2 rings (SSSR count). The van der Waals surface area contributed by atoms with E-state index in [4.69, 9.17) is 0 Å². The van der Waals surface area contributed by atoms with Crippen LogP contribution in [0.2, 0.25) is 0 Å². The lowest BCUT2D eigenvalue weighted by Gasteiger charge is -2.30. The number of carbonyl (C=O) groups is 2. The molecule has 0 aliphatic rings. The molecule has 5 heteroatoms. The van der Waals surface area contributed by atoms with Crippen LogP contribution in [0, 0.1) is 0 Å². The number of hydrogen-bond acceptors (Lipinski definition) is 2. The number of rotatable bonds is 9. The Bertz CT molecular complexity index is 885. The van der Waals surface area contributed by atoms with Crippen molar-refractivity contribution in [2.45, 2.75) is 84.8 Å². The van der Waals surface area contributed by atoms with E-state index in [2.05, 4.69) is 66.3 Å². The van der Waals surface area contributed by atoms with Gasteiger partial charge in [-0.1, -0.05) is 80.0 Å². The molecule has 0 heterocycles. The minimum atomic E-state index is -0.539. The van der Waals surface area contributed by atoms with E-state index in [1.807, 2.05) is 45.0 Å². The maximum absolute atomic E-state index is 13.3. The first-order valence-electron chi connectivity index (χ1n) is 11.4. The van der Waals surface area contributed by atoms with Gasteiger partial charge in [-0.15, -0.1) is 0 Å². The molecule has 32 heavy (non-hydrogen) atoms. The molecule has 2 aromatic rings. The van der Waals surface area contributed by atoms with E-state index in [0.717, 1.165) is 22.0 Å². The van der Waals surface area contributed by atoms with Crippen molar-refractivity contribution in [2.75, 3.05) is 0 Å². The van der Waals surface area contributed by atoms with Crippen LogP contribution in [0.5, 0.6) is 0 Å². The molecule has 0 fully saturated rings. The highest BCUT2D eigenvalue weighted by Gasteiger charge is 2.26. The molecule has 0 radical (unpaired) electrons. The van der Waals surface area contributed by atoms with E-state index in [0.29, 0.717) is 19.4 Å². The lowest BCUT2D eigenvalue weighted by atomic mass is 9.86. The Morgan fingerprint density at radius 3 is 2.06 bits per heavy atom. The van der Waals surface area contributed by atoms with Crippen LogP contribution in [0.4, 0.5) is 0 Å². The standard InChI is InChI=1S/C27H37BrN2O2/c1-7-19(2)29-26(32)20(3)30(18-22-10-15-24(28)16-11-22)25(31)17-12-21-8-13-23(14-9-21)27(4,5)6/h8-11,13-16,19-20H,7,12,17-18H2,1-6H3,(H,29,32)/t19-,20-/m1/s1. The zero-order chi connectivity index (χ0) is 23.9. The summed E-state index contributed by atoms with van der Waals surface area (Å²) < 4.78 is 0.986. The zero-order valence-electron chi connectivity index (χ0n) is 20.2. The average molecular weight is 502 g/mol. The number of nitrogens with one attached hydrogen (secondary N) is 1. The summed E-state index contributed by atoms with van der Waals surface area (Å²) in [5.41, 5.74) is 3.51. The zero-order valence-corrected chi connectivity index (χ0v) is 21.8. The van der Waals surface area contributed by atoms with Gasteiger partial charge in [0.2, 0.25) is 11.8 Å². The molecule has 2 amide bonds. The number of nitrogens with zero attached hydrogens (tertiary/aromatic N) is 1. The van der Waals surface area contributed by atoms with Crippen molar-refractivity contribution < 1.29 is 9.59 Å². The summed E-state index contributed by atoms with van der Waals surface area (Å²) in [6, 6.07) is 15.9. The quantitative estimate of drug-likeness (QED) is 0.458. The second kappa shape index (κ2) is 11.6. The molecule has 2 atom stereocenters. The minimum absolute atomic E-state index is 0.0142. The Kier molecular flexibility index (Phi) is 9.50. The van der Waals surface area contributed by atoms with Crippen molar-refractivity contribution in [3.8, 4) is 0 Å². The highest BCUT2D eigenvalue weighted by Crippen LogP contribution is 2.23. The van der Waals surface area contributed by atoms with E-state index < -0.39 is 6.04 Å². The fourth-order valence-corrected chi connectivity index (χ4v) is 3.67. The van der Waals surface area contributed by atoms with Gasteiger partial charge in [-0.2, -0.15) is 0 Å². The third-order valence-electron chi connectivity index (χ3n) is 5.88. The number of benzene rings is 2. The summed E-state index contributed by atoms with van der Waals surface area (Å²) in [5, 5.41) is 3.01. The Labute approximate surface area is 201 Å². The van der Waals surface area contributed by atoms with E-state index in [1.54, 1.807) is 4.90 Å². The molecule has 0 aromatic heterocycles. The summed E-state index contributed by atoms with van der Waals surface area (Å²) in [5.74, 6) is -0.126. The molecule has 0 aliphatic heterocycles. The summed E-state index contributed by atoms with van der Waals surface area (Å²) >= 11 is 3.45. The van der Waals surface area contributed by atoms with Crippen molar-refractivity contribution in [3.63, 3.8) is 0 Å². The predicted molar refractivity (Wildman–Crippen MR) is 136 cm³/mol. The van der Waals surface area contributed by atoms with Crippen LogP contribution < -0.4 is 5.32 Å². The van der Waals surface area contributed by atoms with Crippen molar-refractivity contribution in [2.24, 2.45) is 0 Å². The van der Waals surface area contributed by atoms with Crippen molar-refractivity contribution in [1.82, 2.24) is 10.2 Å². The summed E-state index contributed by atoms with van der Waals surface area (Å²) in [4.78, 5) is 27.7. The molecule has 0 bridgehead atoms. The van der Waals surface area contributed by atoms with Gasteiger partial charge in [0.25, 0.3) is 0 Å². The molecule has 0 spiro atoms. The van der Waals surface area contributed by atoms with Crippen LogP contribution >= 0.6 is 15.9 Å². The number of carbonyl (C=O) groups excluding carboxylic acids is 2. The van der Waals surface area contributed by atoms with Crippen LogP contribution in [0.25, 0.3) is 0 Å². The topological polar surface area (TPSA) is 49.4 Å². The number of aryl methyl sites for hydroxylation is 1. The Morgan fingerprint density at radius 1 is 0.969 bits per heavy atom. The van der Waals surface area contributed by atoms with Crippen LogP contribution in [0.1, 0.15) is 71.1 Å². The first kappa shape index (κ1) is 26.1. The fourth-order valence-electron chi connectivity index (χ4n) is 3.40. The first-order chi connectivity index (χ1) is 15.0. The normalized spacial score (nSPS) is 13.3. The maximum atomic E-state index is 13.3. The lowest BCUT2D eigenvalue weighted by molar-refractivity contribution is -0.140. The molecular weight excluding hydrogens is 464 g/mol. The van der Waals surface area contributed by atoms with Gasteiger partial charge in [-0.3, -0.25) is 9.59 Å². The van der Waals surface area contributed by atoms with Crippen molar-refractivity contribution in [1.29, 1.82) is 0 Å². The molecule has 0 saturated heterocycles. The highest BCUT2D eigenvalue weighted by atomic mass is 79.9. The van der Waals surface area contributed by atoms with Gasteiger partial charge in [-0.05, 0) is 60.9 Å². The number of hydrogen-bond donors (Lipinski definition) is 1. The third-order valence-corrected chi connectivity index (χ3v) is 6.41. The number of amides is 2. The Morgan fingerprint density at radius 2 is 1.53 bits per heavy atom. The second-order valence-electron chi connectivity index (χ2n) is 9.59. The van der Waals surface area contributed by atoms with Crippen LogP contribution in [0.15, 0.2) is 53.0 Å². The van der Waals surface area contributed by atoms with Crippen LogP contribution in [-0.2, 0) is 28.0 Å². The molecule has 1 N–H and O–H groups in total. The van der Waals surface area contributed by atoms with Crippen molar-refractivity contribution in [3.05, 3.63) is 69.7 Å². The predicted octanol–water partition coefficient (Wildman–Crippen LogP) is 6.01. The maximum Gasteiger partial charge on any atom is 0.242 e. The first-order valence-corrected chi connectivity index (χ1v) is 12.2. The summed E-state index contributed by atoms with van der Waals surface area (Å²) in [6.45, 7) is 12.8. The largest absolute Gasteiger partial charge is 0.352 e. The molecular formula is C27H37BrN2O2. The molecule has 0 saturated carbocycles. The third kappa shape index (κ3) is 7.77. The van der Waals surface area contributed by atoms with E-state index in [1.165, 1.54) is 5.56 Å². The van der Waals surface area contributed by atoms with Crippen molar-refractivity contribution >= 4 is 27.7 Å². The molecule has 0 aliphatic carbocycles. The van der Waals surface area contributed by atoms with E-state index in [-0.39, 0.29) is 23.3 Å². The fraction of sp³-hybridized carbons (Fsp3) is 0.481. The van der Waals surface area contributed by atoms with Gasteiger partial charge in [-0.25, -0.2) is 0 Å². The van der Waals surface area contributed by atoms with Crippen LogP contribution in [0.3, 0.4) is 0 Å². The molecule has 4 nitrogen and oxygen atoms in total. The monoisotopic (exact) mass is 500 g/mol. The number of halogens is 1. The summed E-state index contributed by atoms with van der Waals surface area (Å²) in [6.07, 6.45) is 1.87. The lowest BCUT2D eigenvalue weighted by Crippen LogP contribution is -2.49. The van der Waals surface area contributed by atoms with E-state index in [9.17, 15) is 9.59 Å². The van der Waals surface area contributed by atoms with Gasteiger partial charge < -0.3 is 10.2 Å². The average Bonchev–Trinajstić information content (AvgIpc) is 2.76.